The number of hydrogen-bond donors (Lipinski definition) is 0. The molecule has 0 unspecified atom stereocenters. The molecule has 4 aromatic rings. The Morgan fingerprint density at radius 3 is 1.55 bits per heavy atom. The third-order valence-electron chi connectivity index (χ3n) is 8.01. The van der Waals surface area contributed by atoms with Gasteiger partial charge in [0, 0.05) is 5.75 Å². The van der Waals surface area contributed by atoms with Gasteiger partial charge in [0.1, 0.15) is 0 Å². The van der Waals surface area contributed by atoms with Gasteiger partial charge in [-0.25, -0.2) is 0 Å². The summed E-state index contributed by atoms with van der Waals surface area (Å²) in [5, 5.41) is -0.0544. The molecule has 0 saturated carbocycles. The fourth-order valence-electron chi connectivity index (χ4n) is 4.63. The quantitative estimate of drug-likeness (QED) is 0.0902. The molecule has 42 heavy (non-hydrogen) atoms. The Bertz CT molecular complexity index is 1420. The van der Waals surface area contributed by atoms with Crippen LogP contribution in [-0.4, -0.2) is 35.2 Å². The van der Waals surface area contributed by atoms with E-state index in [0.29, 0.717) is 5.75 Å². The molecule has 7 heteroatoms. The first-order chi connectivity index (χ1) is 19.8. The molecule has 0 saturated heterocycles. The Kier molecular flexibility index (Phi) is 10.2. The maximum Gasteiger partial charge on any atom is 0.297 e. The highest BCUT2D eigenvalue weighted by molar-refractivity contribution is 8.00. The van der Waals surface area contributed by atoms with E-state index in [-0.39, 0.29) is 16.5 Å². The van der Waals surface area contributed by atoms with Gasteiger partial charge in [-0.2, -0.15) is 8.42 Å². The third-order valence-corrected chi connectivity index (χ3v) is 15.5. The van der Waals surface area contributed by atoms with Crippen LogP contribution in [0.5, 0.6) is 0 Å². The van der Waals surface area contributed by atoms with Gasteiger partial charge in [0.05, 0.1) is 22.4 Å². The number of aryl methyl sites for hydroxylation is 1. The molecule has 0 amide bonds. The molecule has 0 aliphatic carbocycles. The number of hydrogen-bond acceptors (Lipinski definition) is 5. The van der Waals surface area contributed by atoms with Gasteiger partial charge >= 0.3 is 0 Å². The molecule has 0 bridgehead atoms. The molecule has 222 valence electrons. The van der Waals surface area contributed by atoms with Crippen LogP contribution in [0.15, 0.2) is 120 Å². The van der Waals surface area contributed by atoms with E-state index in [0.717, 1.165) is 22.3 Å². The lowest BCUT2D eigenvalue weighted by atomic mass is 9.84. The third kappa shape index (κ3) is 7.44. The minimum atomic E-state index is -3.95. The van der Waals surface area contributed by atoms with E-state index < -0.39 is 29.3 Å². The molecule has 1 atom stereocenters. The topological polar surface area (TPSA) is 52.6 Å². The lowest BCUT2D eigenvalue weighted by molar-refractivity contribution is 0.136. The van der Waals surface area contributed by atoms with E-state index in [9.17, 15) is 8.42 Å². The van der Waals surface area contributed by atoms with Crippen molar-refractivity contribution in [3.05, 3.63) is 138 Å². The lowest BCUT2D eigenvalue weighted by Crippen LogP contribution is -2.46. The average molecular weight is 619 g/mol. The van der Waals surface area contributed by atoms with Crippen molar-refractivity contribution in [3.63, 3.8) is 0 Å². The van der Waals surface area contributed by atoms with Gasteiger partial charge in [-0.1, -0.05) is 129 Å². The smallest absolute Gasteiger partial charge is 0.297 e. The molecule has 4 nitrogen and oxygen atoms in total. The van der Waals surface area contributed by atoms with Crippen molar-refractivity contribution in [2.45, 2.75) is 61.6 Å². The van der Waals surface area contributed by atoms with Crippen molar-refractivity contribution < 1.29 is 17.0 Å². The molecule has 4 rings (SSSR count). The van der Waals surface area contributed by atoms with Crippen LogP contribution in [0.1, 0.15) is 43.0 Å². The minimum Gasteiger partial charge on any atom is -0.411 e. The van der Waals surface area contributed by atoms with E-state index in [1.54, 1.807) is 36.0 Å². The first-order valence-electron chi connectivity index (χ1n) is 14.3. The summed E-state index contributed by atoms with van der Waals surface area (Å²) in [6, 6.07) is 38.2. The highest BCUT2D eigenvalue weighted by Crippen LogP contribution is 2.49. The standard InChI is InChI=1S/C35H42O4S2Si/c1-28-22-24-33(25-23-28)41(36,37)38-26-32(39-42(5,6)34(2,3)4)27-40-35(29-16-10-7-11-17-29,30-18-12-8-13-19-30)31-20-14-9-15-21-31/h7-25,32H,26-27H2,1-6H3/t32-/m0/s1. The molecule has 0 radical (unpaired) electrons. The van der Waals surface area contributed by atoms with Crippen molar-refractivity contribution in [3.8, 4) is 0 Å². The van der Waals surface area contributed by atoms with Crippen LogP contribution in [0, 0.1) is 6.92 Å². The Morgan fingerprint density at radius 1 is 0.714 bits per heavy atom. The highest BCUT2D eigenvalue weighted by Gasteiger charge is 2.42. The second-order valence-corrected chi connectivity index (χ2v) is 19.7. The van der Waals surface area contributed by atoms with Crippen LogP contribution < -0.4 is 0 Å². The van der Waals surface area contributed by atoms with E-state index in [1.165, 1.54) is 0 Å². The van der Waals surface area contributed by atoms with Crippen LogP contribution in [-0.2, 0) is 23.5 Å². The molecule has 0 aromatic heterocycles. The fraction of sp³-hybridized carbons (Fsp3) is 0.314. The van der Waals surface area contributed by atoms with Gasteiger partial charge < -0.3 is 4.43 Å². The predicted molar refractivity (Wildman–Crippen MR) is 178 cm³/mol. The monoisotopic (exact) mass is 618 g/mol. The Morgan fingerprint density at radius 2 is 1.14 bits per heavy atom. The van der Waals surface area contributed by atoms with Crippen molar-refractivity contribution in [2.24, 2.45) is 0 Å². The molecule has 0 aliphatic heterocycles. The second kappa shape index (κ2) is 13.3. The van der Waals surface area contributed by atoms with Crippen molar-refractivity contribution in [1.29, 1.82) is 0 Å². The maximum absolute atomic E-state index is 13.2. The predicted octanol–water partition coefficient (Wildman–Crippen LogP) is 8.82. The summed E-state index contributed by atoms with van der Waals surface area (Å²) in [7, 11) is -6.22. The van der Waals surface area contributed by atoms with Gasteiger partial charge in [-0.15, -0.1) is 11.8 Å². The molecule has 0 heterocycles. The summed E-state index contributed by atoms with van der Waals surface area (Å²) >= 11 is 1.76. The lowest BCUT2D eigenvalue weighted by Gasteiger charge is -2.41. The maximum atomic E-state index is 13.2. The van der Waals surface area contributed by atoms with Crippen LogP contribution in [0.2, 0.25) is 18.1 Å². The van der Waals surface area contributed by atoms with E-state index in [1.807, 2.05) is 25.1 Å². The molecule has 0 aliphatic rings. The van der Waals surface area contributed by atoms with Gasteiger partial charge in [0.15, 0.2) is 8.32 Å². The first-order valence-corrected chi connectivity index (χ1v) is 19.6. The number of rotatable bonds is 12. The van der Waals surface area contributed by atoms with Crippen LogP contribution >= 0.6 is 11.8 Å². The zero-order valence-electron chi connectivity index (χ0n) is 25.4. The normalized spacial score (nSPS) is 13.6. The van der Waals surface area contributed by atoms with Gasteiger partial charge in [0.25, 0.3) is 10.1 Å². The van der Waals surface area contributed by atoms with Crippen LogP contribution in [0.25, 0.3) is 0 Å². The number of benzene rings is 4. The average Bonchev–Trinajstić information content (AvgIpc) is 2.97. The molecular weight excluding hydrogens is 577 g/mol. The molecule has 0 spiro atoms. The number of thioether (sulfide) groups is 1. The summed E-state index contributed by atoms with van der Waals surface area (Å²) < 4.78 is 38.5. The van der Waals surface area contributed by atoms with Crippen LogP contribution in [0.4, 0.5) is 0 Å². The largest absolute Gasteiger partial charge is 0.411 e. The van der Waals surface area contributed by atoms with E-state index in [2.05, 4.69) is 107 Å². The summed E-state index contributed by atoms with van der Waals surface area (Å²) in [5.74, 6) is 0.522. The van der Waals surface area contributed by atoms with E-state index >= 15 is 0 Å². The summed E-state index contributed by atoms with van der Waals surface area (Å²) in [5.41, 5.74) is 4.42. The van der Waals surface area contributed by atoms with Crippen molar-refractivity contribution in [2.75, 3.05) is 12.4 Å². The Hall–Kier alpha value is -2.68. The zero-order chi connectivity index (χ0) is 30.4. The summed E-state index contributed by atoms with van der Waals surface area (Å²) in [6.45, 7) is 12.8. The SMILES string of the molecule is Cc1ccc(S(=O)(=O)OC[C@@H](CSC(c2ccccc2)(c2ccccc2)c2ccccc2)O[Si](C)(C)C(C)(C)C)cc1. The highest BCUT2D eigenvalue weighted by atomic mass is 32.2. The van der Waals surface area contributed by atoms with Crippen molar-refractivity contribution in [1.82, 2.24) is 0 Å². The summed E-state index contributed by atoms with van der Waals surface area (Å²) in [4.78, 5) is 0.152. The minimum absolute atomic E-state index is 0.0544. The fourth-order valence-corrected chi connectivity index (χ4v) is 8.54. The first kappa shape index (κ1) is 32.2. The van der Waals surface area contributed by atoms with E-state index in [4.69, 9.17) is 8.61 Å². The molecule has 0 fully saturated rings. The Balaban J connectivity index is 1.74. The second-order valence-electron chi connectivity index (χ2n) is 12.1. The van der Waals surface area contributed by atoms with Gasteiger partial charge in [0.2, 0.25) is 0 Å². The summed E-state index contributed by atoms with van der Waals surface area (Å²) in [6.07, 6.45) is -0.452. The Labute approximate surface area is 257 Å². The van der Waals surface area contributed by atoms with Gasteiger partial charge in [-0.05, 0) is 53.9 Å². The molecule has 4 aromatic carbocycles. The molecule has 0 N–H and O–H groups in total. The van der Waals surface area contributed by atoms with Gasteiger partial charge in [-0.3, -0.25) is 4.18 Å². The zero-order valence-corrected chi connectivity index (χ0v) is 28.0. The van der Waals surface area contributed by atoms with Crippen LogP contribution in [0.3, 0.4) is 0 Å². The van der Waals surface area contributed by atoms with Crippen molar-refractivity contribution >= 4 is 30.2 Å². The molecular formula is C35H42O4S2Si.